The van der Waals surface area contributed by atoms with Crippen molar-refractivity contribution in [2.45, 2.75) is 6.92 Å². The van der Waals surface area contributed by atoms with Crippen molar-refractivity contribution < 1.29 is 14.3 Å². The lowest BCUT2D eigenvalue weighted by Gasteiger charge is -2.06. The van der Waals surface area contributed by atoms with Crippen molar-refractivity contribution in [1.82, 2.24) is 0 Å². The van der Waals surface area contributed by atoms with Crippen LogP contribution >= 0.6 is 0 Å². The van der Waals surface area contributed by atoms with E-state index in [4.69, 9.17) is 9.47 Å². The van der Waals surface area contributed by atoms with E-state index < -0.39 is 0 Å². The second-order valence-electron chi connectivity index (χ2n) is 3.08. The van der Waals surface area contributed by atoms with Gasteiger partial charge in [0.05, 0.1) is 0 Å². The summed E-state index contributed by atoms with van der Waals surface area (Å²) >= 11 is 0. The molecule has 0 heterocycles. The number of rotatable bonds is 5. The molecule has 0 bridgehead atoms. The molecule has 0 saturated carbocycles. The van der Waals surface area contributed by atoms with Gasteiger partial charge in [0.2, 0.25) is 0 Å². The van der Waals surface area contributed by atoms with Crippen molar-refractivity contribution in [3.63, 3.8) is 0 Å². The second kappa shape index (κ2) is 5.86. The summed E-state index contributed by atoms with van der Waals surface area (Å²) in [6, 6.07) is 9.37. The Hall–Kier alpha value is -1.77. The molecule has 0 aliphatic carbocycles. The monoisotopic (exact) mass is 206 g/mol. The largest absolute Gasteiger partial charge is 0.490 e. The molecular weight excluding hydrogens is 192 g/mol. The third-order valence-electron chi connectivity index (χ3n) is 1.68. The molecule has 0 unspecified atom stereocenters. The summed E-state index contributed by atoms with van der Waals surface area (Å²) in [7, 11) is 0. The highest BCUT2D eigenvalue weighted by Gasteiger charge is 2.01. The van der Waals surface area contributed by atoms with Crippen LogP contribution in [0.3, 0.4) is 0 Å². The fraction of sp³-hybridized carbons (Fsp3) is 0.250. The molecule has 3 nitrogen and oxygen atoms in total. The summed E-state index contributed by atoms with van der Waals surface area (Å²) in [5.74, 6) is 0.385. The fourth-order valence-electron chi connectivity index (χ4n) is 0.934. The first kappa shape index (κ1) is 11.3. The summed E-state index contributed by atoms with van der Waals surface area (Å²) in [4.78, 5) is 11.0. The molecule has 1 aromatic carbocycles. The van der Waals surface area contributed by atoms with Crippen molar-refractivity contribution in [3.05, 3.63) is 42.5 Å². The van der Waals surface area contributed by atoms with Gasteiger partial charge in [-0.1, -0.05) is 24.8 Å². The van der Waals surface area contributed by atoms with Gasteiger partial charge in [-0.3, -0.25) is 0 Å². The number of carbonyl (C=O) groups is 1. The molecule has 0 saturated heterocycles. The molecule has 0 aromatic heterocycles. The van der Waals surface area contributed by atoms with E-state index in [0.717, 1.165) is 5.75 Å². The topological polar surface area (TPSA) is 35.5 Å². The summed E-state index contributed by atoms with van der Waals surface area (Å²) < 4.78 is 10.2. The van der Waals surface area contributed by atoms with Gasteiger partial charge in [-0.15, -0.1) is 0 Å². The van der Waals surface area contributed by atoms with Crippen LogP contribution in [0.5, 0.6) is 5.75 Å². The number of ether oxygens (including phenoxy) is 2. The molecule has 1 aromatic rings. The van der Waals surface area contributed by atoms with E-state index in [2.05, 4.69) is 6.58 Å². The van der Waals surface area contributed by atoms with E-state index in [1.54, 1.807) is 6.92 Å². The Balaban J connectivity index is 2.18. The van der Waals surface area contributed by atoms with Crippen LogP contribution in [-0.4, -0.2) is 19.2 Å². The molecule has 0 radical (unpaired) electrons. The van der Waals surface area contributed by atoms with Crippen LogP contribution in [0.25, 0.3) is 0 Å². The maximum Gasteiger partial charge on any atom is 0.333 e. The van der Waals surface area contributed by atoms with E-state index in [1.807, 2.05) is 30.3 Å². The molecule has 0 N–H and O–H groups in total. The lowest BCUT2D eigenvalue weighted by atomic mass is 10.3. The summed E-state index contributed by atoms with van der Waals surface area (Å²) in [5, 5.41) is 0. The minimum Gasteiger partial charge on any atom is -0.490 e. The van der Waals surface area contributed by atoms with Gasteiger partial charge < -0.3 is 9.47 Å². The predicted octanol–water partition coefficient (Wildman–Crippen LogP) is 2.18. The van der Waals surface area contributed by atoms with Crippen molar-refractivity contribution in [2.24, 2.45) is 0 Å². The smallest absolute Gasteiger partial charge is 0.333 e. The van der Waals surface area contributed by atoms with E-state index in [0.29, 0.717) is 12.2 Å². The van der Waals surface area contributed by atoms with E-state index >= 15 is 0 Å². The quantitative estimate of drug-likeness (QED) is 0.421. The Labute approximate surface area is 89.3 Å². The van der Waals surface area contributed by atoms with Gasteiger partial charge in [-0.25, -0.2) is 4.79 Å². The van der Waals surface area contributed by atoms with E-state index in [9.17, 15) is 4.79 Å². The molecule has 0 aliphatic rings. The zero-order valence-electron chi connectivity index (χ0n) is 8.73. The zero-order valence-corrected chi connectivity index (χ0v) is 8.73. The number of esters is 1. The van der Waals surface area contributed by atoms with Gasteiger partial charge in [0.15, 0.2) is 0 Å². The summed E-state index contributed by atoms with van der Waals surface area (Å²) in [5.41, 5.74) is 0.398. The first-order valence-corrected chi connectivity index (χ1v) is 4.70. The minimum atomic E-state index is -0.383. The van der Waals surface area contributed by atoms with Crippen LogP contribution in [0.4, 0.5) is 0 Å². The fourth-order valence-corrected chi connectivity index (χ4v) is 0.934. The molecule has 1 rings (SSSR count). The van der Waals surface area contributed by atoms with Gasteiger partial charge in [-0.2, -0.15) is 0 Å². The Morgan fingerprint density at radius 2 is 1.93 bits per heavy atom. The van der Waals surface area contributed by atoms with Crippen molar-refractivity contribution in [3.8, 4) is 5.75 Å². The third-order valence-corrected chi connectivity index (χ3v) is 1.68. The maximum atomic E-state index is 11.0. The van der Waals surface area contributed by atoms with Gasteiger partial charge >= 0.3 is 5.97 Å². The first-order chi connectivity index (χ1) is 7.20. The first-order valence-electron chi connectivity index (χ1n) is 4.70. The Bertz CT molecular complexity index is 330. The predicted molar refractivity (Wildman–Crippen MR) is 57.7 cm³/mol. The number of benzene rings is 1. The highest BCUT2D eigenvalue weighted by atomic mass is 16.6. The maximum absolute atomic E-state index is 11.0. The molecular formula is C12H14O3. The van der Waals surface area contributed by atoms with Gasteiger partial charge in [-0.05, 0) is 19.1 Å². The number of carbonyl (C=O) groups excluding carboxylic acids is 1. The molecule has 0 atom stereocenters. The van der Waals surface area contributed by atoms with Crippen LogP contribution in [0.15, 0.2) is 42.5 Å². The molecule has 0 amide bonds. The average molecular weight is 206 g/mol. The van der Waals surface area contributed by atoms with Crippen LogP contribution < -0.4 is 4.74 Å². The van der Waals surface area contributed by atoms with E-state index in [-0.39, 0.29) is 12.6 Å². The lowest BCUT2D eigenvalue weighted by Crippen LogP contribution is -2.12. The lowest BCUT2D eigenvalue weighted by molar-refractivity contribution is -0.139. The zero-order chi connectivity index (χ0) is 11.1. The molecule has 80 valence electrons. The van der Waals surface area contributed by atoms with Crippen molar-refractivity contribution >= 4 is 5.97 Å². The van der Waals surface area contributed by atoms with Gasteiger partial charge in [0, 0.05) is 5.57 Å². The molecule has 0 fully saturated rings. The van der Waals surface area contributed by atoms with Gasteiger partial charge in [0.1, 0.15) is 19.0 Å². The summed E-state index contributed by atoms with van der Waals surface area (Å²) in [6.07, 6.45) is 0. The number of para-hydroxylation sites is 1. The standard InChI is InChI=1S/C12H14O3/c1-10(2)12(13)15-9-8-14-11-6-4-3-5-7-11/h3-7H,1,8-9H2,2H3. The van der Waals surface area contributed by atoms with Crippen LogP contribution in [0.1, 0.15) is 6.92 Å². The molecule has 3 heteroatoms. The highest BCUT2D eigenvalue weighted by molar-refractivity contribution is 5.86. The normalized spacial score (nSPS) is 9.40. The van der Waals surface area contributed by atoms with Crippen molar-refractivity contribution in [1.29, 1.82) is 0 Å². The Kier molecular flexibility index (Phi) is 4.41. The number of hydrogen-bond acceptors (Lipinski definition) is 3. The highest BCUT2D eigenvalue weighted by Crippen LogP contribution is 2.07. The Morgan fingerprint density at radius 1 is 1.27 bits per heavy atom. The van der Waals surface area contributed by atoms with Gasteiger partial charge in [0.25, 0.3) is 0 Å². The van der Waals surface area contributed by atoms with Crippen molar-refractivity contribution in [2.75, 3.05) is 13.2 Å². The van der Waals surface area contributed by atoms with Crippen LogP contribution in [0, 0.1) is 0 Å². The third kappa shape index (κ3) is 4.31. The second-order valence-corrected chi connectivity index (χ2v) is 3.08. The van der Waals surface area contributed by atoms with E-state index in [1.165, 1.54) is 0 Å². The summed E-state index contributed by atoms with van der Waals surface area (Å²) in [6.45, 7) is 5.68. The Morgan fingerprint density at radius 3 is 2.53 bits per heavy atom. The number of hydrogen-bond donors (Lipinski definition) is 0. The molecule has 15 heavy (non-hydrogen) atoms. The molecule has 0 spiro atoms. The average Bonchev–Trinajstić information content (AvgIpc) is 2.25. The van der Waals surface area contributed by atoms with Crippen LogP contribution in [-0.2, 0) is 9.53 Å². The molecule has 0 aliphatic heterocycles. The SMILES string of the molecule is C=C(C)C(=O)OCCOc1ccccc1. The van der Waals surface area contributed by atoms with Crippen LogP contribution in [0.2, 0.25) is 0 Å². The minimum absolute atomic E-state index is 0.237.